The average Bonchev–Trinajstić information content (AvgIpc) is 3.04. The van der Waals surface area contributed by atoms with Crippen molar-refractivity contribution >= 4 is 40.2 Å². The Morgan fingerprint density at radius 3 is 2.26 bits per heavy atom. The fourth-order valence-corrected chi connectivity index (χ4v) is 5.85. The molecule has 2 aromatic carbocycles. The summed E-state index contributed by atoms with van der Waals surface area (Å²) in [6.45, 7) is 17.0. The zero-order valence-corrected chi connectivity index (χ0v) is 23.8. The number of thioether (sulfide) groups is 1. The summed E-state index contributed by atoms with van der Waals surface area (Å²) in [6, 6.07) is 12.6. The van der Waals surface area contributed by atoms with Crippen LogP contribution in [0.3, 0.4) is 0 Å². The lowest BCUT2D eigenvalue weighted by Gasteiger charge is -2.29. The fraction of sp³-hybridized carbons (Fsp3) is 0.483. The zero-order valence-electron chi connectivity index (χ0n) is 22.3. The van der Waals surface area contributed by atoms with E-state index < -0.39 is 0 Å². The van der Waals surface area contributed by atoms with E-state index in [9.17, 15) is 10.0 Å². The van der Waals surface area contributed by atoms with Gasteiger partial charge in [-0.25, -0.2) is 5.06 Å². The van der Waals surface area contributed by atoms with E-state index in [2.05, 4.69) is 77.7 Å². The average molecular weight is 515 g/mol. The Hall–Kier alpha value is -1.95. The highest BCUT2D eigenvalue weighted by molar-refractivity contribution is 8.00. The zero-order chi connectivity index (χ0) is 26.1. The molecule has 4 nitrogen and oxygen atoms in total. The smallest absolute Gasteiger partial charge is 0.242 e. The van der Waals surface area contributed by atoms with Gasteiger partial charge in [-0.1, -0.05) is 78.3 Å². The maximum absolute atomic E-state index is 11.7. The molecule has 3 rings (SSSR count). The van der Waals surface area contributed by atoms with Crippen LogP contribution in [0.25, 0.3) is 10.9 Å². The minimum Gasteiger partial charge on any atom is -0.357 e. The van der Waals surface area contributed by atoms with Gasteiger partial charge in [0.1, 0.15) is 0 Å². The second-order valence-electron chi connectivity index (χ2n) is 11.6. The molecule has 0 aliphatic rings. The summed E-state index contributed by atoms with van der Waals surface area (Å²) in [6.07, 6.45) is 1.54. The molecule has 0 fully saturated rings. The number of hydrogen-bond acceptors (Lipinski definition) is 3. The van der Waals surface area contributed by atoms with Crippen molar-refractivity contribution in [1.82, 2.24) is 10.0 Å². The third-order valence-corrected chi connectivity index (χ3v) is 7.58. The molecule has 0 aliphatic heterocycles. The molecule has 0 aliphatic carbocycles. The normalized spacial score (nSPS) is 12.5. The molecule has 1 amide bonds. The van der Waals surface area contributed by atoms with Gasteiger partial charge in [0, 0.05) is 38.2 Å². The molecule has 0 spiro atoms. The lowest BCUT2D eigenvalue weighted by molar-refractivity contribution is -0.168. The summed E-state index contributed by atoms with van der Waals surface area (Å²) in [7, 11) is 0. The molecule has 190 valence electrons. The van der Waals surface area contributed by atoms with Gasteiger partial charge in [-0.3, -0.25) is 10.0 Å². The van der Waals surface area contributed by atoms with Crippen LogP contribution in [0.5, 0.6) is 0 Å². The molecule has 0 bridgehead atoms. The first-order valence-corrected chi connectivity index (χ1v) is 13.4. The van der Waals surface area contributed by atoms with Gasteiger partial charge in [-0.2, -0.15) is 0 Å². The van der Waals surface area contributed by atoms with E-state index in [1.165, 1.54) is 33.9 Å². The van der Waals surface area contributed by atoms with Crippen molar-refractivity contribution in [1.29, 1.82) is 0 Å². The summed E-state index contributed by atoms with van der Waals surface area (Å²) >= 11 is 8.04. The SMILES string of the molecule is CC(=O)N(O)CC(C)(C)Cc1[nH]c2ccc(C(C)C)c(Cc3ccc(Cl)cc3)c2c1SC(C)(C)C. The summed E-state index contributed by atoms with van der Waals surface area (Å²) in [4.78, 5) is 16.6. The van der Waals surface area contributed by atoms with Crippen LogP contribution < -0.4 is 0 Å². The van der Waals surface area contributed by atoms with Crippen molar-refractivity contribution in [3.8, 4) is 0 Å². The van der Waals surface area contributed by atoms with E-state index in [-0.39, 0.29) is 22.6 Å². The van der Waals surface area contributed by atoms with E-state index in [1.807, 2.05) is 23.9 Å². The second-order valence-corrected chi connectivity index (χ2v) is 13.9. The van der Waals surface area contributed by atoms with E-state index in [1.54, 1.807) is 0 Å². The number of H-pyrrole nitrogens is 1. The van der Waals surface area contributed by atoms with Crippen molar-refractivity contribution in [2.75, 3.05) is 6.54 Å². The summed E-state index contributed by atoms with van der Waals surface area (Å²) in [5, 5.41) is 13.0. The van der Waals surface area contributed by atoms with Crippen LogP contribution in [0.1, 0.15) is 83.7 Å². The van der Waals surface area contributed by atoms with Gasteiger partial charge in [-0.05, 0) is 59.1 Å². The first kappa shape index (κ1) is 27.6. The van der Waals surface area contributed by atoms with Crippen LogP contribution in [0, 0.1) is 5.41 Å². The van der Waals surface area contributed by atoms with Crippen molar-refractivity contribution in [3.63, 3.8) is 0 Å². The number of halogens is 1. The number of benzene rings is 2. The highest BCUT2D eigenvalue weighted by Gasteiger charge is 2.29. The third kappa shape index (κ3) is 7.05. The van der Waals surface area contributed by atoms with Crippen LogP contribution in [-0.2, 0) is 17.6 Å². The molecule has 1 heterocycles. The fourth-order valence-electron chi connectivity index (χ4n) is 4.53. The van der Waals surface area contributed by atoms with E-state index in [0.29, 0.717) is 12.3 Å². The molecule has 1 aromatic heterocycles. The van der Waals surface area contributed by atoms with Gasteiger partial charge in [0.2, 0.25) is 5.91 Å². The number of amides is 1. The molecule has 35 heavy (non-hydrogen) atoms. The quantitative estimate of drug-likeness (QED) is 0.181. The maximum Gasteiger partial charge on any atom is 0.242 e. The number of nitrogens with zero attached hydrogens (tertiary/aromatic N) is 1. The van der Waals surface area contributed by atoms with Crippen LogP contribution >= 0.6 is 23.4 Å². The topological polar surface area (TPSA) is 56.3 Å². The number of aromatic amines is 1. The van der Waals surface area contributed by atoms with Gasteiger partial charge >= 0.3 is 0 Å². The molecule has 0 saturated carbocycles. The van der Waals surface area contributed by atoms with Gasteiger partial charge in [0.15, 0.2) is 0 Å². The van der Waals surface area contributed by atoms with E-state index in [0.717, 1.165) is 27.7 Å². The second kappa shape index (κ2) is 10.6. The molecule has 3 aromatic rings. The number of rotatable bonds is 8. The van der Waals surface area contributed by atoms with Crippen molar-refractivity contribution in [3.05, 3.63) is 63.8 Å². The number of nitrogens with one attached hydrogen (secondary N) is 1. The monoisotopic (exact) mass is 514 g/mol. The first-order valence-electron chi connectivity index (χ1n) is 12.2. The third-order valence-electron chi connectivity index (χ3n) is 6.06. The Labute approximate surface area is 219 Å². The molecule has 6 heteroatoms. The Morgan fingerprint density at radius 1 is 1.09 bits per heavy atom. The Morgan fingerprint density at radius 2 is 1.71 bits per heavy atom. The predicted octanol–water partition coefficient (Wildman–Crippen LogP) is 8.23. The number of aromatic nitrogens is 1. The maximum atomic E-state index is 11.7. The van der Waals surface area contributed by atoms with Crippen molar-refractivity contribution < 1.29 is 10.0 Å². The number of hydroxylamine groups is 2. The highest BCUT2D eigenvalue weighted by atomic mass is 35.5. The standard InChI is InChI=1S/C29H39ClN2O2S/c1-18(2)22-13-14-24-26(23(22)15-20-9-11-21(30)12-10-20)27(35-28(4,5)6)25(31-24)16-29(7,8)17-32(34)19(3)33/h9-14,18,31,34H,15-17H2,1-8H3. The summed E-state index contributed by atoms with van der Waals surface area (Å²) in [5.74, 6) is 0.0494. The van der Waals surface area contributed by atoms with Gasteiger partial charge in [0.25, 0.3) is 0 Å². The first-order chi connectivity index (χ1) is 16.2. The molecular formula is C29H39ClN2O2S. The number of carbonyl (C=O) groups excluding carboxylic acids is 1. The van der Waals surface area contributed by atoms with Crippen LogP contribution in [-0.4, -0.2) is 32.5 Å². The minimum atomic E-state index is -0.342. The lowest BCUT2D eigenvalue weighted by Crippen LogP contribution is -2.36. The molecule has 0 radical (unpaired) electrons. The lowest BCUT2D eigenvalue weighted by atomic mass is 9.87. The highest BCUT2D eigenvalue weighted by Crippen LogP contribution is 2.44. The Balaban J connectivity index is 2.19. The Bertz CT molecular complexity index is 1190. The number of hydrogen-bond donors (Lipinski definition) is 2. The molecular weight excluding hydrogens is 476 g/mol. The molecule has 0 saturated heterocycles. The molecule has 0 atom stereocenters. The van der Waals surface area contributed by atoms with E-state index >= 15 is 0 Å². The van der Waals surface area contributed by atoms with Crippen molar-refractivity contribution in [2.24, 2.45) is 5.41 Å². The number of fused-ring (bicyclic) bond motifs is 1. The van der Waals surface area contributed by atoms with Crippen molar-refractivity contribution in [2.45, 2.75) is 83.8 Å². The van der Waals surface area contributed by atoms with Crippen LogP contribution in [0.15, 0.2) is 41.3 Å². The van der Waals surface area contributed by atoms with Crippen LogP contribution in [0.2, 0.25) is 5.02 Å². The van der Waals surface area contributed by atoms with Crippen LogP contribution in [0.4, 0.5) is 0 Å². The molecule has 2 N–H and O–H groups in total. The predicted molar refractivity (Wildman–Crippen MR) is 149 cm³/mol. The summed E-state index contributed by atoms with van der Waals surface area (Å²) < 4.78 is 0.0157. The largest absolute Gasteiger partial charge is 0.357 e. The van der Waals surface area contributed by atoms with Gasteiger partial charge in [0.05, 0.1) is 6.54 Å². The van der Waals surface area contributed by atoms with Gasteiger partial charge < -0.3 is 4.98 Å². The summed E-state index contributed by atoms with van der Waals surface area (Å²) in [5.41, 5.74) is 5.90. The van der Waals surface area contributed by atoms with E-state index in [4.69, 9.17) is 11.6 Å². The number of carbonyl (C=O) groups is 1. The Kier molecular flexibility index (Phi) is 8.35. The minimum absolute atomic E-state index is 0.0157. The van der Waals surface area contributed by atoms with Gasteiger partial charge in [-0.15, -0.1) is 11.8 Å². The molecule has 0 unspecified atom stereocenters.